The minimum atomic E-state index is -0.275. The van der Waals surface area contributed by atoms with E-state index in [0.717, 1.165) is 12.8 Å². The first kappa shape index (κ1) is 11.5. The molecular formula is C10H20NO. The van der Waals surface area contributed by atoms with Crippen molar-refractivity contribution >= 4 is 5.91 Å². The first-order valence-electron chi connectivity index (χ1n) is 4.61. The predicted molar refractivity (Wildman–Crippen MR) is 51.4 cm³/mol. The van der Waals surface area contributed by atoms with Crippen molar-refractivity contribution in [3.05, 3.63) is 6.54 Å². The third-order valence-corrected chi connectivity index (χ3v) is 1.62. The van der Waals surface area contributed by atoms with Crippen LogP contribution in [-0.2, 0) is 4.79 Å². The summed E-state index contributed by atoms with van der Waals surface area (Å²) in [5, 5.41) is 2.79. The highest BCUT2D eigenvalue weighted by Crippen LogP contribution is 2.12. The van der Waals surface area contributed by atoms with Crippen LogP contribution in [0, 0.1) is 12.0 Å². The number of carbonyl (C=O) groups is 1. The van der Waals surface area contributed by atoms with Gasteiger partial charge in [0.05, 0.1) is 0 Å². The SMILES string of the molecule is CCCC[CH]NC(=O)C(C)(C)C. The molecule has 0 saturated heterocycles. The van der Waals surface area contributed by atoms with Crippen molar-refractivity contribution in [1.29, 1.82) is 0 Å². The molecule has 71 valence electrons. The predicted octanol–water partition coefficient (Wildman–Crippen LogP) is 2.50. The summed E-state index contributed by atoms with van der Waals surface area (Å²) in [4.78, 5) is 11.3. The van der Waals surface area contributed by atoms with Crippen LogP contribution in [0.1, 0.15) is 47.0 Å². The molecule has 2 heteroatoms. The monoisotopic (exact) mass is 170 g/mol. The van der Waals surface area contributed by atoms with Gasteiger partial charge in [0, 0.05) is 12.0 Å². The van der Waals surface area contributed by atoms with Crippen molar-refractivity contribution in [1.82, 2.24) is 5.32 Å². The van der Waals surface area contributed by atoms with Gasteiger partial charge in [-0.1, -0.05) is 40.5 Å². The molecule has 1 radical (unpaired) electrons. The lowest BCUT2D eigenvalue weighted by atomic mass is 9.96. The lowest BCUT2D eigenvalue weighted by Gasteiger charge is -2.17. The van der Waals surface area contributed by atoms with Gasteiger partial charge in [-0.25, -0.2) is 0 Å². The van der Waals surface area contributed by atoms with Crippen molar-refractivity contribution in [2.45, 2.75) is 47.0 Å². The molecule has 12 heavy (non-hydrogen) atoms. The van der Waals surface area contributed by atoms with Gasteiger partial charge in [0.2, 0.25) is 5.91 Å². The smallest absolute Gasteiger partial charge is 0.225 e. The number of amides is 1. The third-order valence-electron chi connectivity index (χ3n) is 1.62. The zero-order valence-electron chi connectivity index (χ0n) is 8.61. The van der Waals surface area contributed by atoms with Gasteiger partial charge in [0.1, 0.15) is 0 Å². The lowest BCUT2D eigenvalue weighted by molar-refractivity contribution is -0.127. The van der Waals surface area contributed by atoms with E-state index in [9.17, 15) is 4.79 Å². The van der Waals surface area contributed by atoms with E-state index in [1.54, 1.807) is 0 Å². The van der Waals surface area contributed by atoms with Gasteiger partial charge in [0.15, 0.2) is 0 Å². The van der Waals surface area contributed by atoms with Gasteiger partial charge in [-0.3, -0.25) is 4.79 Å². The fourth-order valence-electron chi connectivity index (χ4n) is 0.688. The molecule has 0 unspecified atom stereocenters. The Balaban J connectivity index is 3.45. The molecule has 0 fully saturated rings. The molecule has 0 aromatic rings. The second-order valence-corrected chi connectivity index (χ2v) is 4.07. The number of hydrogen-bond donors (Lipinski definition) is 1. The topological polar surface area (TPSA) is 29.1 Å². The third kappa shape index (κ3) is 5.16. The molecule has 0 aromatic carbocycles. The highest BCUT2D eigenvalue weighted by atomic mass is 16.2. The van der Waals surface area contributed by atoms with Crippen LogP contribution < -0.4 is 5.32 Å². The highest BCUT2D eigenvalue weighted by Gasteiger charge is 2.19. The number of carbonyl (C=O) groups excluding carboxylic acids is 1. The van der Waals surface area contributed by atoms with E-state index in [2.05, 4.69) is 12.2 Å². The van der Waals surface area contributed by atoms with E-state index in [4.69, 9.17) is 0 Å². The normalized spacial score (nSPS) is 11.3. The molecular weight excluding hydrogens is 150 g/mol. The van der Waals surface area contributed by atoms with E-state index in [1.165, 1.54) is 6.42 Å². The second-order valence-electron chi connectivity index (χ2n) is 4.07. The van der Waals surface area contributed by atoms with E-state index in [0.29, 0.717) is 0 Å². The summed E-state index contributed by atoms with van der Waals surface area (Å²) in [5.74, 6) is 0.0959. The van der Waals surface area contributed by atoms with E-state index in [-0.39, 0.29) is 11.3 Å². The molecule has 0 aromatic heterocycles. The van der Waals surface area contributed by atoms with Gasteiger partial charge < -0.3 is 5.32 Å². The van der Waals surface area contributed by atoms with Crippen molar-refractivity contribution in [2.24, 2.45) is 5.41 Å². The maximum absolute atomic E-state index is 11.3. The summed E-state index contributed by atoms with van der Waals surface area (Å²) in [5.41, 5.74) is -0.275. The van der Waals surface area contributed by atoms with E-state index >= 15 is 0 Å². The largest absolute Gasteiger partial charge is 0.351 e. The zero-order chi connectivity index (χ0) is 9.61. The Morgan fingerprint density at radius 1 is 1.42 bits per heavy atom. The summed E-state index contributed by atoms with van der Waals surface area (Å²) < 4.78 is 0. The van der Waals surface area contributed by atoms with Gasteiger partial charge in [-0.15, -0.1) is 0 Å². The maximum atomic E-state index is 11.3. The van der Waals surface area contributed by atoms with Crippen LogP contribution >= 0.6 is 0 Å². The lowest BCUT2D eigenvalue weighted by Crippen LogP contribution is -2.32. The quantitative estimate of drug-likeness (QED) is 0.645. The van der Waals surface area contributed by atoms with Crippen LogP contribution in [0.25, 0.3) is 0 Å². The fraction of sp³-hybridized carbons (Fsp3) is 0.800. The van der Waals surface area contributed by atoms with Gasteiger partial charge in [0.25, 0.3) is 0 Å². The van der Waals surface area contributed by atoms with Crippen LogP contribution in [0.2, 0.25) is 0 Å². The summed E-state index contributed by atoms with van der Waals surface area (Å²) in [6.45, 7) is 9.73. The van der Waals surface area contributed by atoms with Crippen molar-refractivity contribution in [3.63, 3.8) is 0 Å². The van der Waals surface area contributed by atoms with Crippen LogP contribution in [0.3, 0.4) is 0 Å². The molecule has 0 aliphatic heterocycles. The molecule has 1 amide bonds. The zero-order valence-corrected chi connectivity index (χ0v) is 8.61. The first-order chi connectivity index (χ1) is 5.48. The molecule has 0 heterocycles. The molecule has 0 atom stereocenters. The van der Waals surface area contributed by atoms with Crippen LogP contribution in [0.4, 0.5) is 0 Å². The summed E-state index contributed by atoms with van der Waals surface area (Å²) in [6.07, 6.45) is 3.28. The van der Waals surface area contributed by atoms with E-state index < -0.39 is 0 Å². The average molecular weight is 170 g/mol. The molecule has 2 nitrogen and oxygen atoms in total. The van der Waals surface area contributed by atoms with Crippen molar-refractivity contribution < 1.29 is 4.79 Å². The minimum absolute atomic E-state index is 0.0959. The second kappa shape index (κ2) is 5.18. The Labute approximate surface area is 75.7 Å². The Bertz CT molecular complexity index is 135. The first-order valence-corrected chi connectivity index (χ1v) is 4.61. The molecule has 0 spiro atoms. The Hall–Kier alpha value is -0.530. The molecule has 0 rings (SSSR count). The standard InChI is InChI=1S/C10H20NO/c1-5-6-7-8-11-9(12)10(2,3)4/h8H,5-7H2,1-4H3,(H,11,12). The number of nitrogens with one attached hydrogen (secondary N) is 1. The highest BCUT2D eigenvalue weighted by molar-refractivity contribution is 5.81. The van der Waals surface area contributed by atoms with Crippen molar-refractivity contribution in [3.8, 4) is 0 Å². The Morgan fingerprint density at radius 3 is 2.42 bits per heavy atom. The van der Waals surface area contributed by atoms with Gasteiger partial charge >= 0.3 is 0 Å². The van der Waals surface area contributed by atoms with Gasteiger partial charge in [-0.2, -0.15) is 0 Å². The summed E-state index contributed by atoms with van der Waals surface area (Å²) in [6, 6.07) is 0. The fourth-order valence-corrected chi connectivity index (χ4v) is 0.688. The number of unbranched alkanes of at least 4 members (excludes halogenated alkanes) is 2. The molecule has 1 N–H and O–H groups in total. The Kier molecular flexibility index (Phi) is 4.95. The summed E-state index contributed by atoms with van der Waals surface area (Å²) >= 11 is 0. The van der Waals surface area contributed by atoms with Crippen LogP contribution in [0.15, 0.2) is 0 Å². The molecule has 0 bridgehead atoms. The number of rotatable bonds is 4. The van der Waals surface area contributed by atoms with Gasteiger partial charge in [-0.05, 0) is 6.42 Å². The van der Waals surface area contributed by atoms with Crippen LogP contribution in [-0.4, -0.2) is 5.91 Å². The van der Waals surface area contributed by atoms with Crippen molar-refractivity contribution in [2.75, 3.05) is 0 Å². The van der Waals surface area contributed by atoms with Crippen LogP contribution in [0.5, 0.6) is 0 Å². The Morgan fingerprint density at radius 2 is 2.00 bits per heavy atom. The maximum Gasteiger partial charge on any atom is 0.225 e. The average Bonchev–Trinajstić information content (AvgIpc) is 1.96. The minimum Gasteiger partial charge on any atom is -0.351 e. The molecule has 0 saturated carbocycles. The van der Waals surface area contributed by atoms with E-state index in [1.807, 2.05) is 27.3 Å². The summed E-state index contributed by atoms with van der Waals surface area (Å²) in [7, 11) is 0. The number of hydrogen-bond acceptors (Lipinski definition) is 1. The molecule has 0 aliphatic rings. The molecule has 0 aliphatic carbocycles.